The molecule has 0 saturated heterocycles. The molecule has 3 aromatic rings. The van der Waals surface area contributed by atoms with Crippen LogP contribution in [0.25, 0.3) is 11.0 Å². The second-order valence-corrected chi connectivity index (χ2v) is 5.55. The molecular weight excluding hydrogens is 296 g/mol. The second kappa shape index (κ2) is 5.85. The van der Waals surface area contributed by atoms with Crippen LogP contribution < -0.4 is 5.32 Å². The maximum atomic E-state index is 12.5. The monoisotopic (exact) mass is 314 g/mol. The van der Waals surface area contributed by atoms with E-state index in [1.807, 2.05) is 25.1 Å². The maximum Gasteiger partial charge on any atom is 0.255 e. The number of furan rings is 1. The molecule has 1 aromatic carbocycles. The third-order valence-corrected chi connectivity index (χ3v) is 3.69. The zero-order valence-electron chi connectivity index (χ0n) is 13.1. The Balaban J connectivity index is 1.81. The van der Waals surface area contributed by atoms with E-state index < -0.39 is 6.10 Å². The Kier molecular flexibility index (Phi) is 3.87. The number of aromatic amines is 1. The van der Waals surface area contributed by atoms with Crippen LogP contribution in [0, 0.1) is 6.92 Å². The third-order valence-electron chi connectivity index (χ3n) is 3.69. The molecule has 0 fully saturated rings. The van der Waals surface area contributed by atoms with Gasteiger partial charge in [-0.2, -0.15) is 5.10 Å². The number of aliphatic hydroxyl groups is 1. The van der Waals surface area contributed by atoms with Gasteiger partial charge < -0.3 is 14.8 Å². The molecule has 2 heterocycles. The molecule has 0 radical (unpaired) electrons. The SMILES string of the molecule is Cc1cccc2c(C(=O)NC(C)c3nc(C(C)O)n[nH]3)coc12. The molecule has 2 aromatic heterocycles. The lowest BCUT2D eigenvalue weighted by Gasteiger charge is -2.10. The van der Waals surface area contributed by atoms with E-state index in [4.69, 9.17) is 4.42 Å². The summed E-state index contributed by atoms with van der Waals surface area (Å²) in [4.78, 5) is 16.6. The van der Waals surface area contributed by atoms with Gasteiger partial charge in [-0.25, -0.2) is 4.98 Å². The van der Waals surface area contributed by atoms with Crippen molar-refractivity contribution in [3.8, 4) is 0 Å². The van der Waals surface area contributed by atoms with E-state index in [2.05, 4.69) is 20.5 Å². The molecule has 0 spiro atoms. The number of hydrogen-bond donors (Lipinski definition) is 3. The summed E-state index contributed by atoms with van der Waals surface area (Å²) < 4.78 is 5.49. The van der Waals surface area contributed by atoms with Gasteiger partial charge in [0.2, 0.25) is 0 Å². The summed E-state index contributed by atoms with van der Waals surface area (Å²) in [7, 11) is 0. The van der Waals surface area contributed by atoms with E-state index in [0.717, 1.165) is 10.9 Å². The first-order chi connectivity index (χ1) is 11.0. The molecule has 0 saturated carbocycles. The molecular formula is C16H18N4O3. The first-order valence-corrected chi connectivity index (χ1v) is 7.35. The highest BCUT2D eigenvalue weighted by Crippen LogP contribution is 2.24. The Morgan fingerprint density at radius 2 is 2.17 bits per heavy atom. The van der Waals surface area contributed by atoms with Crippen LogP contribution in [-0.4, -0.2) is 26.2 Å². The number of aromatic nitrogens is 3. The normalized spacial score (nSPS) is 13.9. The van der Waals surface area contributed by atoms with Gasteiger partial charge in [-0.05, 0) is 26.3 Å². The topological polar surface area (TPSA) is 104 Å². The van der Waals surface area contributed by atoms with Crippen LogP contribution >= 0.6 is 0 Å². The van der Waals surface area contributed by atoms with Crippen molar-refractivity contribution < 1.29 is 14.3 Å². The number of nitrogens with one attached hydrogen (secondary N) is 2. The second-order valence-electron chi connectivity index (χ2n) is 5.55. The number of para-hydroxylation sites is 1. The zero-order chi connectivity index (χ0) is 16.6. The maximum absolute atomic E-state index is 12.5. The first-order valence-electron chi connectivity index (χ1n) is 7.35. The fourth-order valence-electron chi connectivity index (χ4n) is 2.39. The van der Waals surface area contributed by atoms with Gasteiger partial charge in [0.25, 0.3) is 5.91 Å². The summed E-state index contributed by atoms with van der Waals surface area (Å²) in [6, 6.07) is 5.30. The molecule has 0 aliphatic rings. The molecule has 7 nitrogen and oxygen atoms in total. The number of fused-ring (bicyclic) bond motifs is 1. The Morgan fingerprint density at radius 3 is 2.87 bits per heavy atom. The average Bonchev–Trinajstić information content (AvgIpc) is 3.15. The van der Waals surface area contributed by atoms with Crippen LogP contribution in [0.15, 0.2) is 28.9 Å². The Morgan fingerprint density at radius 1 is 1.39 bits per heavy atom. The van der Waals surface area contributed by atoms with Crippen molar-refractivity contribution in [3.63, 3.8) is 0 Å². The number of carbonyl (C=O) groups excluding carboxylic acids is 1. The quantitative estimate of drug-likeness (QED) is 0.686. The molecule has 0 aliphatic carbocycles. The highest BCUT2D eigenvalue weighted by Gasteiger charge is 2.19. The smallest absolute Gasteiger partial charge is 0.255 e. The van der Waals surface area contributed by atoms with Gasteiger partial charge in [-0.15, -0.1) is 0 Å². The minimum Gasteiger partial charge on any atom is -0.463 e. The lowest BCUT2D eigenvalue weighted by atomic mass is 10.1. The number of aliphatic hydroxyl groups excluding tert-OH is 1. The van der Waals surface area contributed by atoms with Crippen molar-refractivity contribution in [3.05, 3.63) is 47.2 Å². The van der Waals surface area contributed by atoms with Gasteiger partial charge in [-0.3, -0.25) is 9.89 Å². The van der Waals surface area contributed by atoms with Crippen molar-refractivity contribution in [1.82, 2.24) is 20.5 Å². The lowest BCUT2D eigenvalue weighted by molar-refractivity contribution is 0.0939. The van der Waals surface area contributed by atoms with E-state index in [-0.39, 0.29) is 11.9 Å². The Labute approximate surface area is 132 Å². The highest BCUT2D eigenvalue weighted by molar-refractivity contribution is 6.06. The number of carbonyl (C=O) groups is 1. The molecule has 0 aliphatic heterocycles. The predicted octanol–water partition coefficient (Wildman–Crippen LogP) is 2.40. The summed E-state index contributed by atoms with van der Waals surface area (Å²) in [5.74, 6) is 0.528. The van der Waals surface area contributed by atoms with Crippen LogP contribution in [0.4, 0.5) is 0 Å². The van der Waals surface area contributed by atoms with Crippen LogP contribution in [0.1, 0.15) is 53.6 Å². The van der Waals surface area contributed by atoms with E-state index in [1.165, 1.54) is 6.26 Å². The molecule has 23 heavy (non-hydrogen) atoms. The number of H-pyrrole nitrogens is 1. The molecule has 2 atom stereocenters. The number of aryl methyl sites for hydroxylation is 1. The van der Waals surface area contributed by atoms with Crippen LogP contribution in [-0.2, 0) is 0 Å². The molecule has 120 valence electrons. The number of hydrogen-bond acceptors (Lipinski definition) is 5. The molecule has 7 heteroatoms. The van der Waals surface area contributed by atoms with Crippen molar-refractivity contribution in [2.45, 2.75) is 32.9 Å². The largest absolute Gasteiger partial charge is 0.463 e. The van der Waals surface area contributed by atoms with Crippen LogP contribution in [0.2, 0.25) is 0 Å². The van der Waals surface area contributed by atoms with Crippen molar-refractivity contribution in [2.24, 2.45) is 0 Å². The van der Waals surface area contributed by atoms with Crippen LogP contribution in [0.5, 0.6) is 0 Å². The molecule has 1 amide bonds. The summed E-state index contributed by atoms with van der Waals surface area (Å²) in [5, 5.41) is 19.7. The van der Waals surface area contributed by atoms with E-state index in [9.17, 15) is 9.90 Å². The predicted molar refractivity (Wildman–Crippen MR) is 83.8 cm³/mol. The third kappa shape index (κ3) is 2.83. The van der Waals surface area contributed by atoms with E-state index in [1.54, 1.807) is 13.8 Å². The summed E-state index contributed by atoms with van der Waals surface area (Å²) in [5.41, 5.74) is 2.17. The number of benzene rings is 1. The minimum atomic E-state index is -0.760. The first kappa shape index (κ1) is 15.2. The van der Waals surface area contributed by atoms with Crippen LogP contribution in [0.3, 0.4) is 0 Å². The molecule has 0 bridgehead atoms. The van der Waals surface area contributed by atoms with Gasteiger partial charge in [0.05, 0.1) is 11.6 Å². The van der Waals surface area contributed by atoms with Gasteiger partial charge >= 0.3 is 0 Å². The number of amides is 1. The molecule has 2 unspecified atom stereocenters. The Bertz CT molecular complexity index is 850. The number of nitrogens with zero attached hydrogens (tertiary/aromatic N) is 2. The average molecular weight is 314 g/mol. The highest BCUT2D eigenvalue weighted by atomic mass is 16.3. The Hall–Kier alpha value is -2.67. The lowest BCUT2D eigenvalue weighted by Crippen LogP contribution is -2.27. The standard InChI is InChI=1S/C16H18N4O3/c1-8-5-4-6-11-12(7-23-13(8)11)16(22)17-9(2)14-18-15(10(3)21)20-19-14/h4-7,9-10,21H,1-3H3,(H,17,22)(H,18,19,20). The number of rotatable bonds is 4. The summed E-state index contributed by atoms with van der Waals surface area (Å²) in [6.45, 7) is 5.30. The fraction of sp³-hybridized carbons (Fsp3) is 0.312. The molecule has 3 N–H and O–H groups in total. The van der Waals surface area contributed by atoms with Gasteiger partial charge in [0.15, 0.2) is 5.82 Å². The zero-order valence-corrected chi connectivity index (χ0v) is 13.1. The minimum absolute atomic E-state index is 0.253. The van der Waals surface area contributed by atoms with E-state index >= 15 is 0 Å². The molecule has 3 rings (SSSR count). The van der Waals surface area contributed by atoms with Crippen molar-refractivity contribution in [2.75, 3.05) is 0 Å². The van der Waals surface area contributed by atoms with Crippen molar-refractivity contribution >= 4 is 16.9 Å². The van der Waals surface area contributed by atoms with Gasteiger partial charge in [0, 0.05) is 5.39 Å². The fourth-order valence-corrected chi connectivity index (χ4v) is 2.39. The van der Waals surface area contributed by atoms with Crippen molar-refractivity contribution in [1.29, 1.82) is 0 Å². The summed E-state index contributed by atoms with van der Waals surface area (Å²) in [6.07, 6.45) is 0.699. The van der Waals surface area contributed by atoms with Gasteiger partial charge in [-0.1, -0.05) is 18.2 Å². The van der Waals surface area contributed by atoms with Gasteiger partial charge in [0.1, 0.15) is 23.8 Å². The summed E-state index contributed by atoms with van der Waals surface area (Å²) >= 11 is 0. The van der Waals surface area contributed by atoms with E-state index in [0.29, 0.717) is 22.8 Å².